The summed E-state index contributed by atoms with van der Waals surface area (Å²) in [4.78, 5) is 0. The van der Waals surface area contributed by atoms with Crippen LogP contribution < -0.4 is 0 Å². The Labute approximate surface area is 151 Å². The van der Waals surface area contributed by atoms with Crippen LogP contribution in [0.3, 0.4) is 0 Å². The van der Waals surface area contributed by atoms with Crippen molar-refractivity contribution in [3.63, 3.8) is 0 Å². The highest BCUT2D eigenvalue weighted by Gasteiger charge is 2.22. The second-order valence-corrected chi connectivity index (χ2v) is 10.8. The van der Waals surface area contributed by atoms with Crippen molar-refractivity contribution in [2.75, 3.05) is 0 Å². The van der Waals surface area contributed by atoms with E-state index in [0.29, 0.717) is 0 Å². The fourth-order valence-electron chi connectivity index (χ4n) is 3.96. The summed E-state index contributed by atoms with van der Waals surface area (Å²) >= 11 is 0. The van der Waals surface area contributed by atoms with Crippen molar-refractivity contribution in [3.05, 3.63) is 83.4 Å². The van der Waals surface area contributed by atoms with E-state index in [1.807, 2.05) is 0 Å². The molecule has 1 aliphatic rings. The molecule has 2 heteroatoms. The maximum absolute atomic E-state index is 3.86. The average molecular weight is 357 g/mol. The Balaban J connectivity index is 1.82. The van der Waals surface area contributed by atoms with Crippen LogP contribution in [0.4, 0.5) is 0 Å². The van der Waals surface area contributed by atoms with E-state index < -0.39 is 0 Å². The van der Waals surface area contributed by atoms with Gasteiger partial charge in [0.1, 0.15) is 0 Å². The van der Waals surface area contributed by atoms with Crippen molar-refractivity contribution >= 4 is 15.1 Å². The molecule has 0 saturated carbocycles. The highest BCUT2D eigenvalue weighted by Crippen LogP contribution is 2.50. The largest absolute Gasteiger partial charge is 0.120 e. The lowest BCUT2D eigenvalue weighted by molar-refractivity contribution is 1.26. The summed E-state index contributed by atoms with van der Waals surface area (Å²) in [5, 5.41) is 2.96. The third-order valence-corrected chi connectivity index (χ3v) is 8.77. The van der Waals surface area contributed by atoms with E-state index in [9.17, 15) is 0 Å². The number of rotatable bonds is 2. The Kier molecular flexibility index (Phi) is 3.53. The summed E-state index contributed by atoms with van der Waals surface area (Å²) in [5.41, 5.74) is 8.32. The number of fused-ring (bicyclic) bond motifs is 3. The van der Waals surface area contributed by atoms with Gasteiger partial charge >= 0.3 is 0 Å². The first kappa shape index (κ1) is 15.3. The van der Waals surface area contributed by atoms with Crippen LogP contribution >= 0.6 is 15.1 Å². The molecular weight excluding hydrogens is 338 g/mol. The summed E-state index contributed by atoms with van der Waals surface area (Å²) in [7, 11) is -0.409. The molecule has 2 heterocycles. The minimum atomic E-state index is -0.206. The molecule has 0 N–H and O–H groups in total. The molecule has 0 aliphatic heterocycles. The lowest BCUT2D eigenvalue weighted by Gasteiger charge is -2.14. The van der Waals surface area contributed by atoms with E-state index in [1.54, 1.807) is 0 Å². The predicted octanol–water partition coefficient (Wildman–Crippen LogP) is 7.44. The summed E-state index contributed by atoms with van der Waals surface area (Å²) in [6, 6.07) is 24.2. The smallest absolute Gasteiger partial charge is 0.00216 e. The Morgan fingerprint density at radius 2 is 1.48 bits per heavy atom. The molecule has 1 radical (unpaired) electrons. The molecule has 121 valence electrons. The van der Waals surface area contributed by atoms with Gasteiger partial charge in [-0.2, -0.15) is 0 Å². The van der Waals surface area contributed by atoms with Crippen LogP contribution in [0.25, 0.3) is 32.8 Å². The molecule has 2 atom stereocenters. The van der Waals surface area contributed by atoms with E-state index >= 15 is 0 Å². The van der Waals surface area contributed by atoms with Crippen molar-refractivity contribution in [3.8, 4) is 32.8 Å². The van der Waals surface area contributed by atoms with Crippen molar-refractivity contribution < 1.29 is 0 Å². The standard InChI is InChI=1S/C23H19P2/c1-24-11-5-9-22(24)20-14-17-13-16-7-3-4-8-18(16)19(17)15-21(20)23-10-6-12-25(23)2/h3-12,15H,13H2,1-2H3. The number of hydrogen-bond acceptors (Lipinski definition) is 0. The zero-order valence-electron chi connectivity index (χ0n) is 14.5. The Hall–Kier alpha value is -2.00. The SMILES string of the molecule is Cp1cccc1-c1[c]c2c(cc1-c1cccp1C)-c1ccccc1C2. The molecule has 0 bridgehead atoms. The second-order valence-electron chi connectivity index (χ2n) is 6.79. The fraction of sp³-hybridized carbons (Fsp3) is 0.130. The van der Waals surface area contributed by atoms with Crippen molar-refractivity contribution in [2.45, 2.75) is 6.42 Å². The summed E-state index contributed by atoms with van der Waals surface area (Å²) in [6.45, 7) is 4.70. The first-order valence-electron chi connectivity index (χ1n) is 8.63. The minimum absolute atomic E-state index is 0.203. The quantitative estimate of drug-likeness (QED) is 0.308. The van der Waals surface area contributed by atoms with Gasteiger partial charge in [-0.05, 0) is 71.3 Å². The second kappa shape index (κ2) is 5.77. The van der Waals surface area contributed by atoms with E-state index in [1.165, 1.54) is 44.0 Å². The van der Waals surface area contributed by atoms with Gasteiger partial charge in [0.05, 0.1) is 0 Å². The van der Waals surface area contributed by atoms with Crippen LogP contribution in [-0.2, 0) is 19.8 Å². The van der Waals surface area contributed by atoms with Crippen LogP contribution in [0.5, 0.6) is 0 Å². The maximum atomic E-state index is 3.86. The average Bonchev–Trinajstić information content (AvgIpc) is 3.31. The maximum Gasteiger partial charge on any atom is 0.00216 e. The number of aryl methyl sites for hydroxylation is 2. The Morgan fingerprint density at radius 3 is 2.20 bits per heavy atom. The molecule has 4 aromatic rings. The van der Waals surface area contributed by atoms with Crippen molar-refractivity contribution in [2.24, 2.45) is 13.3 Å². The van der Waals surface area contributed by atoms with Crippen molar-refractivity contribution in [1.82, 2.24) is 0 Å². The Bertz CT molecular complexity index is 1090. The van der Waals surface area contributed by atoms with Crippen LogP contribution in [0, 0.1) is 6.07 Å². The molecule has 5 rings (SSSR count). The summed E-state index contributed by atoms with van der Waals surface area (Å²) < 4.78 is 0. The fourth-order valence-corrected chi connectivity index (χ4v) is 6.70. The predicted molar refractivity (Wildman–Crippen MR) is 112 cm³/mol. The topological polar surface area (TPSA) is 0 Å². The van der Waals surface area contributed by atoms with Crippen LogP contribution in [0.1, 0.15) is 11.1 Å². The minimum Gasteiger partial charge on any atom is -0.120 e. The van der Waals surface area contributed by atoms with E-state index in [-0.39, 0.29) is 15.1 Å². The molecule has 0 nitrogen and oxygen atoms in total. The van der Waals surface area contributed by atoms with Crippen LogP contribution in [0.15, 0.2) is 66.2 Å². The highest BCUT2D eigenvalue weighted by atomic mass is 31.1. The van der Waals surface area contributed by atoms with Crippen molar-refractivity contribution in [1.29, 1.82) is 0 Å². The van der Waals surface area contributed by atoms with Gasteiger partial charge in [0.25, 0.3) is 0 Å². The monoisotopic (exact) mass is 357 g/mol. The van der Waals surface area contributed by atoms with Gasteiger partial charge in [-0.25, -0.2) is 0 Å². The number of benzene rings is 2. The lowest BCUT2D eigenvalue weighted by atomic mass is 9.96. The van der Waals surface area contributed by atoms with Crippen LogP contribution in [0.2, 0.25) is 0 Å². The molecule has 2 unspecified atom stereocenters. The molecule has 0 spiro atoms. The van der Waals surface area contributed by atoms with E-state index in [4.69, 9.17) is 0 Å². The first-order chi connectivity index (χ1) is 12.2. The molecule has 2 aromatic heterocycles. The number of hydrogen-bond donors (Lipinski definition) is 0. The van der Waals surface area contributed by atoms with Gasteiger partial charge in [0.15, 0.2) is 0 Å². The third-order valence-electron chi connectivity index (χ3n) is 5.25. The first-order valence-corrected chi connectivity index (χ1v) is 12.3. The van der Waals surface area contributed by atoms with E-state index in [0.717, 1.165) is 6.42 Å². The van der Waals surface area contributed by atoms with Gasteiger partial charge in [0, 0.05) is 16.2 Å². The molecule has 1 aliphatic carbocycles. The summed E-state index contributed by atoms with van der Waals surface area (Å²) in [6.07, 6.45) is 1.01. The third kappa shape index (κ3) is 2.36. The van der Waals surface area contributed by atoms with Gasteiger partial charge in [0.2, 0.25) is 0 Å². The molecular formula is C23H19P2. The molecule has 2 aromatic carbocycles. The van der Waals surface area contributed by atoms with Crippen LogP contribution in [-0.4, -0.2) is 0 Å². The Morgan fingerprint density at radius 1 is 0.760 bits per heavy atom. The van der Waals surface area contributed by atoms with Gasteiger partial charge in [-0.1, -0.05) is 48.5 Å². The van der Waals surface area contributed by atoms with E-state index in [2.05, 4.69) is 85.6 Å². The van der Waals surface area contributed by atoms with Gasteiger partial charge < -0.3 is 0 Å². The zero-order valence-corrected chi connectivity index (χ0v) is 16.2. The molecule has 0 fully saturated rings. The summed E-state index contributed by atoms with van der Waals surface area (Å²) in [5.74, 6) is 4.70. The van der Waals surface area contributed by atoms with Gasteiger partial charge in [-0.15, -0.1) is 15.1 Å². The molecule has 25 heavy (non-hydrogen) atoms. The highest BCUT2D eigenvalue weighted by molar-refractivity contribution is 7.51. The lowest BCUT2D eigenvalue weighted by Crippen LogP contribution is -1.88. The van der Waals surface area contributed by atoms with Gasteiger partial charge in [-0.3, -0.25) is 0 Å². The normalized spacial score (nSPS) is 13.7. The zero-order chi connectivity index (χ0) is 17.0. The molecule has 0 saturated heterocycles. The molecule has 0 amide bonds.